The molecule has 0 saturated carbocycles. The van der Waals surface area contributed by atoms with Gasteiger partial charge in [-0.25, -0.2) is 5.01 Å². The van der Waals surface area contributed by atoms with Gasteiger partial charge in [-0.1, -0.05) is 24.3 Å². The first-order valence-electron chi connectivity index (χ1n) is 9.74. The number of benzene rings is 2. The van der Waals surface area contributed by atoms with E-state index >= 15 is 0 Å². The molecular formula is C23H21N3O3S. The lowest BCUT2D eigenvalue weighted by atomic mass is 9.95. The first-order chi connectivity index (χ1) is 14.7. The number of hydrazone groups is 1. The van der Waals surface area contributed by atoms with Gasteiger partial charge in [0.15, 0.2) is 17.7 Å². The van der Waals surface area contributed by atoms with Crippen molar-refractivity contribution < 1.29 is 14.3 Å². The van der Waals surface area contributed by atoms with Gasteiger partial charge in [-0.3, -0.25) is 4.79 Å². The molecule has 0 N–H and O–H groups in total. The normalized spacial score (nSPS) is 17.3. The Hall–Kier alpha value is -3.32. The zero-order chi connectivity index (χ0) is 20.7. The predicted octanol–water partition coefficient (Wildman–Crippen LogP) is 4.34. The maximum Gasteiger partial charge on any atom is 0.239 e. The van der Waals surface area contributed by atoms with E-state index in [0.717, 1.165) is 17.7 Å². The Labute approximate surface area is 179 Å². The van der Waals surface area contributed by atoms with Crippen LogP contribution in [0.4, 0.5) is 5.69 Å². The van der Waals surface area contributed by atoms with Gasteiger partial charge >= 0.3 is 0 Å². The van der Waals surface area contributed by atoms with Crippen molar-refractivity contribution in [3.63, 3.8) is 0 Å². The van der Waals surface area contributed by atoms with Gasteiger partial charge in [0.25, 0.3) is 0 Å². The van der Waals surface area contributed by atoms with E-state index in [2.05, 4.69) is 4.90 Å². The summed E-state index contributed by atoms with van der Waals surface area (Å²) in [5, 5.41) is 8.67. The number of thiophene rings is 1. The molecule has 0 amide bonds. The number of hydrogen-bond acceptors (Lipinski definition) is 7. The quantitative estimate of drug-likeness (QED) is 0.576. The van der Waals surface area contributed by atoms with Crippen LogP contribution < -0.4 is 14.5 Å². The van der Waals surface area contributed by atoms with Crippen LogP contribution in [0.5, 0.6) is 11.5 Å². The summed E-state index contributed by atoms with van der Waals surface area (Å²) < 4.78 is 11.1. The molecule has 0 bridgehead atoms. The van der Waals surface area contributed by atoms with Crippen LogP contribution in [-0.4, -0.2) is 37.3 Å². The van der Waals surface area contributed by atoms with Gasteiger partial charge in [0.1, 0.15) is 0 Å². The molecule has 0 radical (unpaired) electrons. The number of para-hydroxylation sites is 1. The number of carbonyl (C=O) groups excluding carboxylic acids is 1. The van der Waals surface area contributed by atoms with Gasteiger partial charge in [-0.2, -0.15) is 0 Å². The van der Waals surface area contributed by atoms with Crippen LogP contribution >= 0.6 is 11.3 Å². The van der Waals surface area contributed by atoms with Crippen molar-refractivity contribution >= 4 is 28.6 Å². The smallest absolute Gasteiger partial charge is 0.239 e. The summed E-state index contributed by atoms with van der Waals surface area (Å²) in [6, 6.07) is 17.7. The molecular weight excluding hydrogens is 398 g/mol. The Morgan fingerprint density at radius 1 is 1.07 bits per heavy atom. The van der Waals surface area contributed by atoms with E-state index in [1.54, 1.807) is 14.2 Å². The second kappa shape index (κ2) is 7.50. The topological polar surface area (TPSA) is 54.4 Å². The highest BCUT2D eigenvalue weighted by molar-refractivity contribution is 7.13. The SMILES string of the molecule is COc1cc2c(cc1OC)[C@@H]1N(CC2)C(C(=O)c2cccs2)=NN1c1ccccc1. The fourth-order valence-corrected chi connectivity index (χ4v) is 4.76. The third-order valence-electron chi connectivity index (χ3n) is 5.52. The molecule has 0 spiro atoms. The third kappa shape index (κ3) is 2.93. The summed E-state index contributed by atoms with van der Waals surface area (Å²) in [7, 11) is 3.28. The molecule has 0 unspecified atom stereocenters. The summed E-state index contributed by atoms with van der Waals surface area (Å²) in [5.74, 6) is 1.82. The van der Waals surface area contributed by atoms with Gasteiger partial charge in [0.2, 0.25) is 11.6 Å². The maximum absolute atomic E-state index is 13.2. The predicted molar refractivity (Wildman–Crippen MR) is 118 cm³/mol. The molecule has 30 heavy (non-hydrogen) atoms. The molecule has 3 aromatic rings. The molecule has 1 atom stereocenters. The Bertz CT molecular complexity index is 1110. The maximum atomic E-state index is 13.2. The number of hydrogen-bond donors (Lipinski definition) is 0. The zero-order valence-electron chi connectivity index (χ0n) is 16.7. The Balaban J connectivity index is 1.64. The van der Waals surface area contributed by atoms with Crippen molar-refractivity contribution in [1.82, 2.24) is 4.90 Å². The zero-order valence-corrected chi connectivity index (χ0v) is 17.6. The standard InChI is InChI=1S/C23H21N3O3S/c1-28-18-13-15-10-11-25-22(21(27)20-9-6-12-30-20)24-26(16-7-4-3-5-8-16)23(25)17(15)14-19(18)29-2/h3-9,12-14,23H,10-11H2,1-2H3/t23-/m1/s1. The first-order valence-corrected chi connectivity index (χ1v) is 10.6. The van der Waals surface area contributed by atoms with E-state index in [0.29, 0.717) is 28.8 Å². The number of carbonyl (C=O) groups is 1. The molecule has 6 nitrogen and oxygen atoms in total. The Morgan fingerprint density at radius 2 is 1.83 bits per heavy atom. The van der Waals surface area contributed by atoms with Crippen molar-refractivity contribution in [2.45, 2.75) is 12.6 Å². The molecule has 3 heterocycles. The minimum Gasteiger partial charge on any atom is -0.493 e. The average Bonchev–Trinajstić information content (AvgIpc) is 3.46. The minimum atomic E-state index is -0.213. The van der Waals surface area contributed by atoms with E-state index in [-0.39, 0.29) is 11.9 Å². The van der Waals surface area contributed by atoms with Gasteiger partial charge in [0.05, 0.1) is 24.8 Å². The number of fused-ring (bicyclic) bond motifs is 3. The van der Waals surface area contributed by atoms with Crippen molar-refractivity contribution in [1.29, 1.82) is 0 Å². The number of ketones is 1. The average molecular weight is 420 g/mol. The van der Waals surface area contributed by atoms with Crippen LogP contribution in [0, 0.1) is 0 Å². The molecule has 2 aliphatic rings. The van der Waals surface area contributed by atoms with Crippen molar-refractivity contribution in [3.8, 4) is 11.5 Å². The van der Waals surface area contributed by atoms with Crippen molar-refractivity contribution in [3.05, 3.63) is 76.0 Å². The lowest BCUT2D eigenvalue weighted by molar-refractivity contribution is 0.105. The first kappa shape index (κ1) is 18.7. The fraction of sp³-hybridized carbons (Fsp3) is 0.217. The van der Waals surface area contributed by atoms with E-state index < -0.39 is 0 Å². The summed E-state index contributed by atoms with van der Waals surface area (Å²) in [5.41, 5.74) is 3.18. The summed E-state index contributed by atoms with van der Waals surface area (Å²) in [6.07, 6.45) is 0.584. The van der Waals surface area contributed by atoms with Crippen LogP contribution in [0.1, 0.15) is 27.0 Å². The number of anilines is 1. The molecule has 152 valence electrons. The van der Waals surface area contributed by atoms with Gasteiger partial charge < -0.3 is 14.4 Å². The molecule has 5 rings (SSSR count). The van der Waals surface area contributed by atoms with Crippen molar-refractivity contribution in [2.24, 2.45) is 5.10 Å². The number of ether oxygens (including phenoxy) is 2. The Kier molecular flexibility index (Phi) is 4.67. The van der Waals surface area contributed by atoms with Gasteiger partial charge in [0, 0.05) is 12.1 Å². The molecule has 2 aromatic carbocycles. The fourth-order valence-electron chi connectivity index (χ4n) is 4.10. The number of rotatable bonds is 5. The van der Waals surface area contributed by atoms with Crippen LogP contribution in [0.15, 0.2) is 65.1 Å². The Morgan fingerprint density at radius 3 is 2.53 bits per heavy atom. The highest BCUT2D eigenvalue weighted by atomic mass is 32.1. The van der Waals surface area contributed by atoms with E-state index in [1.807, 2.05) is 65.0 Å². The van der Waals surface area contributed by atoms with Crippen LogP contribution in [0.2, 0.25) is 0 Å². The summed E-state index contributed by atoms with van der Waals surface area (Å²) in [4.78, 5) is 16.0. The highest BCUT2D eigenvalue weighted by Gasteiger charge is 2.43. The van der Waals surface area contributed by atoms with Gasteiger partial charge in [-0.05, 0) is 47.7 Å². The molecule has 0 saturated heterocycles. The number of amidine groups is 1. The monoisotopic (exact) mass is 419 g/mol. The van der Waals surface area contributed by atoms with E-state index in [4.69, 9.17) is 14.6 Å². The van der Waals surface area contributed by atoms with Crippen LogP contribution in [0.25, 0.3) is 0 Å². The van der Waals surface area contributed by atoms with Crippen molar-refractivity contribution in [2.75, 3.05) is 25.8 Å². The molecule has 7 heteroatoms. The van der Waals surface area contributed by atoms with Gasteiger partial charge in [-0.15, -0.1) is 16.4 Å². The third-order valence-corrected chi connectivity index (χ3v) is 6.38. The van der Waals surface area contributed by atoms with Crippen LogP contribution in [-0.2, 0) is 6.42 Å². The minimum absolute atomic E-state index is 0.0441. The van der Waals surface area contributed by atoms with E-state index in [9.17, 15) is 4.79 Å². The molecule has 1 aromatic heterocycles. The summed E-state index contributed by atoms with van der Waals surface area (Å²) in [6.45, 7) is 0.701. The highest BCUT2D eigenvalue weighted by Crippen LogP contribution is 2.44. The van der Waals surface area contributed by atoms with Crippen LogP contribution in [0.3, 0.4) is 0 Å². The number of Topliss-reactive ketones (excluding diaryl/α,β-unsaturated/α-hetero) is 1. The molecule has 0 aliphatic carbocycles. The number of methoxy groups -OCH3 is 2. The van der Waals surface area contributed by atoms with E-state index in [1.165, 1.54) is 16.9 Å². The molecule has 0 fully saturated rings. The lowest BCUT2D eigenvalue weighted by Crippen LogP contribution is -2.42. The largest absolute Gasteiger partial charge is 0.493 e. The second-order valence-electron chi connectivity index (χ2n) is 7.13. The lowest BCUT2D eigenvalue weighted by Gasteiger charge is -2.37. The second-order valence-corrected chi connectivity index (χ2v) is 8.08. The number of nitrogens with zero attached hydrogens (tertiary/aromatic N) is 3. The molecule has 2 aliphatic heterocycles. The summed E-state index contributed by atoms with van der Waals surface area (Å²) >= 11 is 1.44.